The van der Waals surface area contributed by atoms with Crippen molar-refractivity contribution >= 4 is 0 Å². The third-order valence-corrected chi connectivity index (χ3v) is 3.08. The van der Waals surface area contributed by atoms with Gasteiger partial charge < -0.3 is 14.0 Å². The molecule has 0 radical (unpaired) electrons. The molecule has 0 unspecified atom stereocenters. The van der Waals surface area contributed by atoms with Gasteiger partial charge in [-0.2, -0.15) is 0 Å². The Balaban J connectivity index is 1.66. The van der Waals surface area contributed by atoms with Crippen molar-refractivity contribution < 1.29 is 14.0 Å². The molecule has 106 valence electrons. The van der Waals surface area contributed by atoms with Crippen molar-refractivity contribution in [1.82, 2.24) is 5.16 Å². The lowest BCUT2D eigenvalue weighted by Crippen LogP contribution is -1.94. The molecule has 0 bridgehead atoms. The van der Waals surface area contributed by atoms with E-state index < -0.39 is 0 Å². The zero-order valence-corrected chi connectivity index (χ0v) is 11.7. The van der Waals surface area contributed by atoms with Crippen LogP contribution in [0.25, 0.3) is 11.3 Å². The van der Waals surface area contributed by atoms with Gasteiger partial charge in [-0.1, -0.05) is 30.3 Å². The molecule has 0 atom stereocenters. The topological polar surface area (TPSA) is 44.5 Å². The quantitative estimate of drug-likeness (QED) is 0.710. The maximum Gasteiger partial charge on any atom is 0.254 e. The average Bonchev–Trinajstić information content (AvgIpc) is 3.03. The lowest BCUT2D eigenvalue weighted by atomic mass is 10.1. The SMILES string of the molecule is COc1cc(-c2ccc(OCc3ccccc3)cc2)on1. The van der Waals surface area contributed by atoms with Crippen LogP contribution in [0.3, 0.4) is 0 Å². The van der Waals surface area contributed by atoms with Crippen LogP contribution in [0.2, 0.25) is 0 Å². The number of hydrogen-bond acceptors (Lipinski definition) is 4. The summed E-state index contributed by atoms with van der Waals surface area (Å²) >= 11 is 0. The number of benzene rings is 2. The highest BCUT2D eigenvalue weighted by atomic mass is 16.5. The largest absolute Gasteiger partial charge is 0.489 e. The Hall–Kier alpha value is -2.75. The molecule has 3 rings (SSSR count). The van der Waals surface area contributed by atoms with Gasteiger partial charge in [-0.05, 0) is 35.0 Å². The second-order valence-corrected chi connectivity index (χ2v) is 4.53. The van der Waals surface area contributed by atoms with E-state index in [-0.39, 0.29) is 0 Å². The van der Waals surface area contributed by atoms with Crippen molar-refractivity contribution in [2.75, 3.05) is 7.11 Å². The zero-order chi connectivity index (χ0) is 14.5. The normalized spacial score (nSPS) is 10.3. The first-order valence-corrected chi connectivity index (χ1v) is 6.63. The molecule has 0 fully saturated rings. The molecule has 1 heterocycles. The van der Waals surface area contributed by atoms with Gasteiger partial charge >= 0.3 is 0 Å². The van der Waals surface area contributed by atoms with E-state index in [0.29, 0.717) is 18.2 Å². The van der Waals surface area contributed by atoms with Crippen LogP contribution < -0.4 is 9.47 Å². The summed E-state index contributed by atoms with van der Waals surface area (Å²) in [5.74, 6) is 1.95. The van der Waals surface area contributed by atoms with Crippen LogP contribution in [0.4, 0.5) is 0 Å². The smallest absolute Gasteiger partial charge is 0.254 e. The van der Waals surface area contributed by atoms with E-state index >= 15 is 0 Å². The fourth-order valence-corrected chi connectivity index (χ4v) is 1.95. The van der Waals surface area contributed by atoms with Crippen molar-refractivity contribution in [2.45, 2.75) is 6.61 Å². The zero-order valence-electron chi connectivity index (χ0n) is 11.7. The van der Waals surface area contributed by atoms with Gasteiger partial charge in [0.05, 0.1) is 7.11 Å². The Labute approximate surface area is 122 Å². The summed E-state index contributed by atoms with van der Waals surface area (Å²) in [6.45, 7) is 0.552. The summed E-state index contributed by atoms with van der Waals surface area (Å²) in [5, 5.41) is 3.78. The molecule has 0 aliphatic heterocycles. The van der Waals surface area contributed by atoms with Gasteiger partial charge in [0.1, 0.15) is 12.4 Å². The second-order valence-electron chi connectivity index (χ2n) is 4.53. The molecule has 2 aromatic carbocycles. The van der Waals surface area contributed by atoms with Crippen LogP contribution in [-0.2, 0) is 6.61 Å². The molecule has 0 spiro atoms. The molecule has 0 aliphatic rings. The molecule has 1 aromatic heterocycles. The Morgan fingerprint density at radius 1 is 1.00 bits per heavy atom. The maximum atomic E-state index is 5.74. The highest BCUT2D eigenvalue weighted by molar-refractivity contribution is 5.59. The maximum absolute atomic E-state index is 5.74. The monoisotopic (exact) mass is 281 g/mol. The Morgan fingerprint density at radius 3 is 2.43 bits per heavy atom. The van der Waals surface area contributed by atoms with E-state index in [4.69, 9.17) is 14.0 Å². The third-order valence-electron chi connectivity index (χ3n) is 3.08. The van der Waals surface area contributed by atoms with Crippen LogP contribution >= 0.6 is 0 Å². The Morgan fingerprint density at radius 2 is 1.76 bits per heavy atom. The van der Waals surface area contributed by atoms with E-state index in [2.05, 4.69) is 5.16 Å². The second kappa shape index (κ2) is 6.13. The molecule has 4 heteroatoms. The van der Waals surface area contributed by atoms with Gasteiger partial charge in [-0.25, -0.2) is 0 Å². The third kappa shape index (κ3) is 3.23. The predicted octanol–water partition coefficient (Wildman–Crippen LogP) is 3.93. The number of ether oxygens (including phenoxy) is 2. The molecular weight excluding hydrogens is 266 g/mol. The fourth-order valence-electron chi connectivity index (χ4n) is 1.95. The molecule has 4 nitrogen and oxygen atoms in total. The predicted molar refractivity (Wildman–Crippen MR) is 79.3 cm³/mol. The van der Waals surface area contributed by atoms with E-state index in [1.165, 1.54) is 0 Å². The minimum Gasteiger partial charge on any atom is -0.489 e. The van der Waals surface area contributed by atoms with Crippen molar-refractivity contribution in [1.29, 1.82) is 0 Å². The summed E-state index contributed by atoms with van der Waals surface area (Å²) in [4.78, 5) is 0. The average molecular weight is 281 g/mol. The molecule has 3 aromatic rings. The van der Waals surface area contributed by atoms with Crippen LogP contribution in [0.5, 0.6) is 11.6 Å². The van der Waals surface area contributed by atoms with Gasteiger partial charge in [-0.3, -0.25) is 0 Å². The van der Waals surface area contributed by atoms with E-state index in [1.807, 2.05) is 54.6 Å². The number of hydrogen-bond donors (Lipinski definition) is 0. The van der Waals surface area contributed by atoms with E-state index in [9.17, 15) is 0 Å². The minimum absolute atomic E-state index is 0.467. The molecule has 21 heavy (non-hydrogen) atoms. The van der Waals surface area contributed by atoms with Crippen molar-refractivity contribution in [2.24, 2.45) is 0 Å². The lowest BCUT2D eigenvalue weighted by Gasteiger charge is -2.06. The number of nitrogens with zero attached hydrogens (tertiary/aromatic N) is 1. The highest BCUT2D eigenvalue weighted by Crippen LogP contribution is 2.25. The number of methoxy groups -OCH3 is 1. The standard InChI is InChI=1S/C17H15NO3/c1-19-17-11-16(21-18-17)14-7-9-15(10-8-14)20-12-13-5-3-2-4-6-13/h2-11H,12H2,1H3. The molecule has 0 saturated heterocycles. The van der Waals surface area contributed by atoms with Crippen LogP contribution in [0.15, 0.2) is 65.2 Å². The first kappa shape index (κ1) is 13.2. The summed E-state index contributed by atoms with van der Waals surface area (Å²) in [5.41, 5.74) is 2.07. The van der Waals surface area contributed by atoms with Gasteiger partial charge in [0.25, 0.3) is 5.88 Å². The summed E-state index contributed by atoms with van der Waals surface area (Å²) in [6.07, 6.45) is 0. The first-order chi connectivity index (χ1) is 10.3. The first-order valence-electron chi connectivity index (χ1n) is 6.63. The van der Waals surface area contributed by atoms with Crippen LogP contribution in [0, 0.1) is 0 Å². The molecule has 0 aliphatic carbocycles. The van der Waals surface area contributed by atoms with Gasteiger partial charge in [-0.15, -0.1) is 0 Å². The van der Waals surface area contributed by atoms with Crippen molar-refractivity contribution in [3.05, 3.63) is 66.2 Å². The molecule has 0 amide bonds. The summed E-state index contributed by atoms with van der Waals surface area (Å²) in [7, 11) is 1.56. The van der Waals surface area contributed by atoms with Crippen LogP contribution in [0.1, 0.15) is 5.56 Å². The molecule has 0 saturated carbocycles. The fraction of sp³-hybridized carbons (Fsp3) is 0.118. The lowest BCUT2D eigenvalue weighted by molar-refractivity contribution is 0.306. The Kier molecular flexibility index (Phi) is 3.87. The van der Waals surface area contributed by atoms with E-state index in [1.54, 1.807) is 13.2 Å². The Bertz CT molecular complexity index is 690. The molecule has 0 N–H and O–H groups in total. The summed E-state index contributed by atoms with van der Waals surface area (Å²) in [6, 6.07) is 19.5. The van der Waals surface area contributed by atoms with Crippen molar-refractivity contribution in [3.8, 4) is 23.0 Å². The van der Waals surface area contributed by atoms with Gasteiger partial charge in [0.2, 0.25) is 0 Å². The highest BCUT2D eigenvalue weighted by Gasteiger charge is 2.06. The van der Waals surface area contributed by atoms with E-state index in [0.717, 1.165) is 16.9 Å². The summed E-state index contributed by atoms with van der Waals surface area (Å²) < 4.78 is 15.9. The van der Waals surface area contributed by atoms with Gasteiger partial charge in [0.15, 0.2) is 5.76 Å². The van der Waals surface area contributed by atoms with Crippen LogP contribution in [-0.4, -0.2) is 12.3 Å². The number of aromatic nitrogens is 1. The molecular formula is C17H15NO3. The minimum atomic E-state index is 0.467. The van der Waals surface area contributed by atoms with Gasteiger partial charge in [0, 0.05) is 11.6 Å². The number of rotatable bonds is 5. The van der Waals surface area contributed by atoms with Crippen molar-refractivity contribution in [3.63, 3.8) is 0 Å².